The fraction of sp³-hybridized carbons (Fsp3) is 0.400. The van der Waals surface area contributed by atoms with Gasteiger partial charge in [0, 0.05) is 25.4 Å². The summed E-state index contributed by atoms with van der Waals surface area (Å²) in [5.41, 5.74) is -1.57. The van der Waals surface area contributed by atoms with E-state index in [1.807, 2.05) is 0 Å². The maximum atomic E-state index is 13.0. The average Bonchev–Trinajstić information content (AvgIpc) is 2.48. The van der Waals surface area contributed by atoms with Crippen molar-refractivity contribution in [3.05, 3.63) is 42.2 Å². The van der Waals surface area contributed by atoms with Crippen molar-refractivity contribution in [2.75, 3.05) is 6.54 Å². The van der Waals surface area contributed by atoms with Gasteiger partial charge in [-0.3, -0.25) is 14.6 Å². The van der Waals surface area contributed by atoms with Crippen molar-refractivity contribution in [1.29, 1.82) is 0 Å². The molecule has 0 aromatic carbocycles. The molecule has 1 atom stereocenters. The zero-order chi connectivity index (χ0) is 16.3. The molecule has 0 radical (unpaired) electrons. The normalized spacial score (nSPS) is 19.1. The number of halogens is 3. The van der Waals surface area contributed by atoms with Gasteiger partial charge in [0.25, 0.3) is 5.91 Å². The molecule has 118 valence electrons. The lowest BCUT2D eigenvalue weighted by Crippen LogP contribution is -2.49. The van der Waals surface area contributed by atoms with Gasteiger partial charge in [-0.05, 0) is 18.9 Å². The van der Waals surface area contributed by atoms with E-state index < -0.39 is 29.3 Å². The van der Waals surface area contributed by atoms with Gasteiger partial charge in [-0.1, -0.05) is 6.08 Å². The predicted octanol–water partition coefficient (Wildman–Crippen LogP) is 2.85. The van der Waals surface area contributed by atoms with Crippen LogP contribution in [0.25, 0.3) is 0 Å². The third-order valence-electron chi connectivity index (χ3n) is 3.58. The summed E-state index contributed by atoms with van der Waals surface area (Å²) < 4.78 is 39.0. The fourth-order valence-electron chi connectivity index (χ4n) is 2.55. The molecule has 1 amide bonds. The van der Waals surface area contributed by atoms with E-state index in [2.05, 4.69) is 11.6 Å². The molecule has 7 heteroatoms. The van der Waals surface area contributed by atoms with E-state index in [0.29, 0.717) is 12.8 Å². The van der Waals surface area contributed by atoms with Crippen LogP contribution in [0.15, 0.2) is 31.1 Å². The number of rotatable bonds is 3. The lowest BCUT2D eigenvalue weighted by atomic mass is 9.96. The second kappa shape index (κ2) is 6.29. The number of hydrogen-bond donors (Lipinski definition) is 0. The summed E-state index contributed by atoms with van der Waals surface area (Å²) in [5.74, 6) is -0.975. The summed E-state index contributed by atoms with van der Waals surface area (Å²) in [5, 5.41) is 0. The maximum absolute atomic E-state index is 13.0. The van der Waals surface area contributed by atoms with E-state index in [1.54, 1.807) is 0 Å². The molecule has 0 saturated carbocycles. The van der Waals surface area contributed by atoms with Gasteiger partial charge in [0.05, 0.1) is 17.2 Å². The van der Waals surface area contributed by atoms with Gasteiger partial charge in [0.15, 0.2) is 5.78 Å². The molecule has 1 fully saturated rings. The molecule has 0 N–H and O–H groups in total. The summed E-state index contributed by atoms with van der Waals surface area (Å²) in [7, 11) is 0. The van der Waals surface area contributed by atoms with Crippen LogP contribution in [0.3, 0.4) is 0 Å². The number of ketones is 1. The van der Waals surface area contributed by atoms with Gasteiger partial charge in [-0.2, -0.15) is 13.2 Å². The topological polar surface area (TPSA) is 50.3 Å². The SMILES string of the molecule is C=CCC1C(=O)CCCN1C(=O)c1cnccc1C(F)(F)F. The van der Waals surface area contributed by atoms with Crippen LogP contribution in [0.4, 0.5) is 13.2 Å². The number of amides is 1. The van der Waals surface area contributed by atoms with Crippen molar-refractivity contribution >= 4 is 11.7 Å². The Hall–Kier alpha value is -2.18. The third-order valence-corrected chi connectivity index (χ3v) is 3.58. The van der Waals surface area contributed by atoms with Crippen molar-refractivity contribution in [3.63, 3.8) is 0 Å². The second-order valence-corrected chi connectivity index (χ2v) is 5.03. The molecular weight excluding hydrogens is 297 g/mol. The Morgan fingerprint density at radius 2 is 2.23 bits per heavy atom. The van der Waals surface area contributed by atoms with Crippen molar-refractivity contribution in [2.45, 2.75) is 31.5 Å². The van der Waals surface area contributed by atoms with E-state index in [9.17, 15) is 22.8 Å². The van der Waals surface area contributed by atoms with E-state index in [-0.39, 0.29) is 18.7 Å². The van der Waals surface area contributed by atoms with Gasteiger partial charge in [-0.25, -0.2) is 0 Å². The minimum absolute atomic E-state index is 0.156. The molecule has 1 aromatic rings. The van der Waals surface area contributed by atoms with Gasteiger partial charge in [-0.15, -0.1) is 6.58 Å². The van der Waals surface area contributed by atoms with Crippen LogP contribution in [0.2, 0.25) is 0 Å². The smallest absolute Gasteiger partial charge is 0.328 e. The standard InChI is InChI=1S/C15H15F3N2O2/c1-2-4-12-13(21)5-3-8-20(12)14(22)10-9-19-7-6-11(10)15(16,17)18/h2,6-7,9,12H,1,3-5,8H2. The number of aromatic nitrogens is 1. The molecule has 1 saturated heterocycles. The largest absolute Gasteiger partial charge is 0.417 e. The molecular formula is C15H15F3N2O2. The number of nitrogens with zero attached hydrogens (tertiary/aromatic N) is 2. The van der Waals surface area contributed by atoms with Crippen molar-refractivity contribution in [2.24, 2.45) is 0 Å². The van der Waals surface area contributed by atoms with Crippen LogP contribution in [-0.4, -0.2) is 34.2 Å². The van der Waals surface area contributed by atoms with Gasteiger partial charge < -0.3 is 4.90 Å². The molecule has 2 rings (SSSR count). The molecule has 1 aliphatic heterocycles. The molecule has 22 heavy (non-hydrogen) atoms. The Morgan fingerprint density at radius 1 is 1.50 bits per heavy atom. The molecule has 0 aliphatic carbocycles. The monoisotopic (exact) mass is 312 g/mol. The highest BCUT2D eigenvalue weighted by atomic mass is 19.4. The summed E-state index contributed by atoms with van der Waals surface area (Å²) in [4.78, 5) is 29.2. The summed E-state index contributed by atoms with van der Waals surface area (Å²) in [6, 6.07) is 0.0154. The quantitative estimate of drug-likeness (QED) is 0.806. The van der Waals surface area contributed by atoms with Crippen molar-refractivity contribution < 1.29 is 22.8 Å². The summed E-state index contributed by atoms with van der Waals surface area (Å²) in [6.45, 7) is 3.78. The molecule has 0 spiro atoms. The first-order valence-electron chi connectivity index (χ1n) is 6.82. The van der Waals surface area contributed by atoms with Crippen molar-refractivity contribution in [3.8, 4) is 0 Å². The van der Waals surface area contributed by atoms with Crippen LogP contribution in [-0.2, 0) is 11.0 Å². The van der Waals surface area contributed by atoms with Crippen LogP contribution in [0.1, 0.15) is 35.2 Å². The molecule has 1 aromatic heterocycles. The number of hydrogen-bond acceptors (Lipinski definition) is 3. The van der Waals surface area contributed by atoms with Crippen molar-refractivity contribution in [1.82, 2.24) is 9.88 Å². The lowest BCUT2D eigenvalue weighted by molar-refractivity contribution is -0.138. The van der Waals surface area contributed by atoms with Crippen LogP contribution in [0.5, 0.6) is 0 Å². The first kappa shape index (κ1) is 16.2. The zero-order valence-electron chi connectivity index (χ0n) is 11.8. The Balaban J connectivity index is 2.38. The number of carbonyl (C=O) groups excluding carboxylic acids is 2. The highest BCUT2D eigenvalue weighted by molar-refractivity contribution is 5.99. The zero-order valence-corrected chi connectivity index (χ0v) is 11.8. The second-order valence-electron chi connectivity index (χ2n) is 5.03. The highest BCUT2D eigenvalue weighted by Gasteiger charge is 2.39. The molecule has 1 unspecified atom stereocenters. The maximum Gasteiger partial charge on any atom is 0.417 e. The molecule has 1 aliphatic rings. The number of carbonyl (C=O) groups is 2. The summed E-state index contributed by atoms with van der Waals surface area (Å²) in [6.07, 6.45) is -0.283. The Labute approximate surface area is 125 Å². The first-order chi connectivity index (χ1) is 10.4. The summed E-state index contributed by atoms with van der Waals surface area (Å²) >= 11 is 0. The third kappa shape index (κ3) is 3.18. The minimum Gasteiger partial charge on any atom is -0.328 e. The number of piperidine rings is 1. The Kier molecular flexibility index (Phi) is 4.63. The molecule has 2 heterocycles. The van der Waals surface area contributed by atoms with E-state index >= 15 is 0 Å². The molecule has 4 nitrogen and oxygen atoms in total. The number of alkyl halides is 3. The Bertz CT molecular complexity index is 599. The number of Topliss-reactive ketones (excluding diaryl/α,β-unsaturated/α-hetero) is 1. The average molecular weight is 312 g/mol. The minimum atomic E-state index is -4.65. The number of pyridine rings is 1. The predicted molar refractivity (Wildman–Crippen MR) is 73.1 cm³/mol. The van der Waals surface area contributed by atoms with Gasteiger partial charge in [0.1, 0.15) is 0 Å². The number of likely N-dealkylation sites (tertiary alicyclic amines) is 1. The first-order valence-corrected chi connectivity index (χ1v) is 6.82. The van der Waals surface area contributed by atoms with Crippen LogP contribution in [0, 0.1) is 0 Å². The van der Waals surface area contributed by atoms with E-state index in [4.69, 9.17) is 0 Å². The molecule has 0 bridgehead atoms. The fourth-order valence-corrected chi connectivity index (χ4v) is 2.55. The lowest BCUT2D eigenvalue weighted by Gasteiger charge is -2.34. The van der Waals surface area contributed by atoms with E-state index in [1.165, 1.54) is 11.0 Å². The van der Waals surface area contributed by atoms with Crippen LogP contribution >= 0.6 is 0 Å². The van der Waals surface area contributed by atoms with Gasteiger partial charge >= 0.3 is 6.18 Å². The van der Waals surface area contributed by atoms with E-state index in [0.717, 1.165) is 18.5 Å². The van der Waals surface area contributed by atoms with Crippen LogP contribution < -0.4 is 0 Å². The van der Waals surface area contributed by atoms with Gasteiger partial charge in [0.2, 0.25) is 0 Å². The Morgan fingerprint density at radius 3 is 2.86 bits per heavy atom. The highest BCUT2D eigenvalue weighted by Crippen LogP contribution is 2.32.